The van der Waals surface area contributed by atoms with Gasteiger partial charge < -0.3 is 23.8 Å². The Morgan fingerprint density at radius 2 is 1.55 bits per heavy atom. The van der Waals surface area contributed by atoms with E-state index in [1.165, 1.54) is 33.5 Å². The number of hydrogen-bond donors (Lipinski definition) is 0. The Bertz CT molecular complexity index is 862. The summed E-state index contributed by atoms with van der Waals surface area (Å²) in [7, 11) is 6.06. The van der Waals surface area contributed by atoms with Crippen molar-refractivity contribution in [1.82, 2.24) is 0 Å². The lowest BCUT2D eigenvalue weighted by atomic mass is 10.1. The fraction of sp³-hybridized carbons (Fsp3) is 0.273. The van der Waals surface area contributed by atoms with Crippen LogP contribution in [0.3, 0.4) is 0 Å². The number of benzene rings is 2. The highest BCUT2D eigenvalue weighted by Crippen LogP contribution is 2.38. The molecular formula is C22H25NO6. The van der Waals surface area contributed by atoms with Crippen molar-refractivity contribution < 1.29 is 28.6 Å². The molecule has 0 unspecified atom stereocenters. The van der Waals surface area contributed by atoms with Crippen LogP contribution in [0.5, 0.6) is 23.0 Å². The van der Waals surface area contributed by atoms with E-state index in [1.54, 1.807) is 13.2 Å². The number of nitrogens with zero attached hydrogens (tertiary/aromatic N) is 1. The van der Waals surface area contributed by atoms with E-state index >= 15 is 0 Å². The smallest absolute Gasteiger partial charge is 0.366 e. The van der Waals surface area contributed by atoms with Gasteiger partial charge in [-0.1, -0.05) is 30.3 Å². The molecule has 7 nitrogen and oxygen atoms in total. The molecule has 0 heterocycles. The molecule has 0 saturated heterocycles. The minimum atomic E-state index is -0.631. The predicted octanol–water partition coefficient (Wildman–Crippen LogP) is 4.36. The van der Waals surface area contributed by atoms with Crippen molar-refractivity contribution in [2.24, 2.45) is 5.16 Å². The fourth-order valence-corrected chi connectivity index (χ4v) is 2.47. The number of ether oxygens (including phenoxy) is 4. The molecule has 2 rings (SSSR count). The van der Waals surface area contributed by atoms with Gasteiger partial charge in [0.15, 0.2) is 11.5 Å². The van der Waals surface area contributed by atoms with Gasteiger partial charge in [0.05, 0.1) is 39.7 Å². The minimum Gasteiger partial charge on any atom is -0.497 e. The van der Waals surface area contributed by atoms with Crippen LogP contribution in [-0.4, -0.2) is 40.1 Å². The van der Waals surface area contributed by atoms with Gasteiger partial charge in [-0.15, -0.1) is 0 Å². The number of oxime groups is 1. The van der Waals surface area contributed by atoms with Crippen molar-refractivity contribution in [3.8, 4) is 23.0 Å². The number of carbonyl (C=O) groups is 1. The molecule has 0 bridgehead atoms. The lowest BCUT2D eigenvalue weighted by Crippen LogP contribution is -2.05. The summed E-state index contributed by atoms with van der Waals surface area (Å²) in [5, 5.41) is 3.96. The molecule has 29 heavy (non-hydrogen) atoms. The van der Waals surface area contributed by atoms with Gasteiger partial charge in [-0.3, -0.25) is 0 Å². The molecule has 0 atom stereocenters. The third-order valence-corrected chi connectivity index (χ3v) is 4.09. The fourth-order valence-electron chi connectivity index (χ4n) is 2.47. The van der Waals surface area contributed by atoms with Crippen LogP contribution >= 0.6 is 0 Å². The maximum atomic E-state index is 12.4. The molecule has 0 aliphatic rings. The molecule has 0 aromatic heterocycles. The van der Waals surface area contributed by atoms with E-state index in [-0.39, 0.29) is 5.56 Å². The summed E-state index contributed by atoms with van der Waals surface area (Å²) in [6, 6.07) is 10.6. The van der Waals surface area contributed by atoms with Crippen molar-refractivity contribution in [2.75, 3.05) is 28.4 Å². The second-order valence-corrected chi connectivity index (χ2v) is 5.84. The Morgan fingerprint density at radius 3 is 2.03 bits per heavy atom. The maximum absolute atomic E-state index is 12.4. The van der Waals surface area contributed by atoms with E-state index in [0.717, 1.165) is 11.3 Å². The Hall–Kier alpha value is -3.48. The van der Waals surface area contributed by atoms with Gasteiger partial charge >= 0.3 is 5.97 Å². The number of rotatable bonds is 9. The first-order valence-corrected chi connectivity index (χ1v) is 8.96. The van der Waals surface area contributed by atoms with E-state index in [0.29, 0.717) is 29.4 Å². The molecule has 7 heteroatoms. The van der Waals surface area contributed by atoms with Crippen LogP contribution in [0.1, 0.15) is 29.3 Å². The summed E-state index contributed by atoms with van der Waals surface area (Å²) in [4.78, 5) is 17.5. The predicted molar refractivity (Wildman–Crippen MR) is 111 cm³/mol. The van der Waals surface area contributed by atoms with Crippen LogP contribution < -0.4 is 18.9 Å². The standard InChI is InChI=1S/C22H25NO6/c1-6-17(10-7-15-8-11-18(25-2)12-9-15)23-29-22(24)16-13-19(26-3)21(28-5)20(14-16)27-4/h7-14H,6H2,1-5H3/b10-7+,23-17+. The van der Waals surface area contributed by atoms with Gasteiger partial charge in [0, 0.05) is 0 Å². The zero-order chi connectivity index (χ0) is 21.2. The molecule has 0 spiro atoms. The van der Waals surface area contributed by atoms with E-state index in [2.05, 4.69) is 5.16 Å². The largest absolute Gasteiger partial charge is 0.497 e. The molecule has 0 saturated carbocycles. The first-order valence-electron chi connectivity index (χ1n) is 8.96. The van der Waals surface area contributed by atoms with Gasteiger partial charge in [0.25, 0.3) is 0 Å². The Labute approximate surface area is 170 Å². The van der Waals surface area contributed by atoms with Crippen molar-refractivity contribution in [3.63, 3.8) is 0 Å². The molecule has 0 radical (unpaired) electrons. The monoisotopic (exact) mass is 399 g/mol. The van der Waals surface area contributed by atoms with Gasteiger partial charge in [-0.25, -0.2) is 4.79 Å². The van der Waals surface area contributed by atoms with E-state index in [9.17, 15) is 4.79 Å². The summed E-state index contributed by atoms with van der Waals surface area (Å²) >= 11 is 0. The summed E-state index contributed by atoms with van der Waals surface area (Å²) in [5.41, 5.74) is 1.82. The Balaban J connectivity index is 2.15. The lowest BCUT2D eigenvalue weighted by Gasteiger charge is -2.13. The van der Waals surface area contributed by atoms with Gasteiger partial charge in [0.2, 0.25) is 5.75 Å². The van der Waals surface area contributed by atoms with Crippen molar-refractivity contribution >= 4 is 17.8 Å². The van der Waals surface area contributed by atoms with Crippen LogP contribution in [0.25, 0.3) is 6.08 Å². The topological polar surface area (TPSA) is 75.6 Å². The summed E-state index contributed by atoms with van der Waals surface area (Å²) in [6.45, 7) is 1.92. The van der Waals surface area contributed by atoms with Crippen LogP contribution in [-0.2, 0) is 4.84 Å². The van der Waals surface area contributed by atoms with Crippen molar-refractivity contribution in [3.05, 3.63) is 53.6 Å². The van der Waals surface area contributed by atoms with Crippen molar-refractivity contribution in [2.45, 2.75) is 13.3 Å². The zero-order valence-corrected chi connectivity index (χ0v) is 17.2. The molecule has 0 N–H and O–H groups in total. The number of methoxy groups -OCH3 is 4. The molecule has 2 aromatic rings. The van der Waals surface area contributed by atoms with E-state index in [4.69, 9.17) is 23.8 Å². The van der Waals surface area contributed by atoms with Gasteiger partial charge in [0.1, 0.15) is 5.75 Å². The van der Waals surface area contributed by atoms with Gasteiger partial charge in [-0.05, 0) is 42.3 Å². The molecule has 0 amide bonds. The number of allylic oxidation sites excluding steroid dienone is 1. The Morgan fingerprint density at radius 1 is 0.931 bits per heavy atom. The van der Waals surface area contributed by atoms with E-state index < -0.39 is 5.97 Å². The molecule has 154 valence electrons. The first-order chi connectivity index (χ1) is 14.1. The SMILES string of the molecule is CCC(/C=C/c1ccc(OC)cc1)=N\OC(=O)c1cc(OC)c(OC)c(OC)c1. The lowest BCUT2D eigenvalue weighted by molar-refractivity contribution is 0.0515. The van der Waals surface area contributed by atoms with Crippen LogP contribution in [0, 0.1) is 0 Å². The quantitative estimate of drug-likeness (QED) is 0.354. The first kappa shape index (κ1) is 21.8. The molecule has 2 aromatic carbocycles. The van der Waals surface area contributed by atoms with Crippen LogP contribution in [0.4, 0.5) is 0 Å². The van der Waals surface area contributed by atoms with E-state index in [1.807, 2.05) is 37.3 Å². The summed E-state index contributed by atoms with van der Waals surface area (Å²) < 4.78 is 20.9. The molecular weight excluding hydrogens is 374 g/mol. The average molecular weight is 399 g/mol. The normalized spacial score (nSPS) is 11.3. The highest BCUT2D eigenvalue weighted by atomic mass is 16.7. The minimum absolute atomic E-state index is 0.234. The zero-order valence-electron chi connectivity index (χ0n) is 17.2. The highest BCUT2D eigenvalue weighted by molar-refractivity contribution is 5.98. The second-order valence-electron chi connectivity index (χ2n) is 5.84. The van der Waals surface area contributed by atoms with Crippen LogP contribution in [0.2, 0.25) is 0 Å². The van der Waals surface area contributed by atoms with Gasteiger partial charge in [-0.2, -0.15) is 0 Å². The summed E-state index contributed by atoms with van der Waals surface area (Å²) in [6.07, 6.45) is 4.27. The number of carbonyl (C=O) groups excluding carboxylic acids is 1. The molecule has 0 aliphatic carbocycles. The molecule has 0 aliphatic heterocycles. The van der Waals surface area contributed by atoms with Crippen LogP contribution in [0.15, 0.2) is 47.6 Å². The molecule has 0 fully saturated rings. The number of hydrogen-bond acceptors (Lipinski definition) is 7. The van der Waals surface area contributed by atoms with Crippen molar-refractivity contribution in [1.29, 1.82) is 0 Å². The summed E-state index contributed by atoms with van der Waals surface area (Å²) in [5.74, 6) is 1.27. The third kappa shape index (κ3) is 5.75. The average Bonchev–Trinajstić information content (AvgIpc) is 2.78. The third-order valence-electron chi connectivity index (χ3n) is 4.09. The second kappa shape index (κ2) is 10.8. The highest BCUT2D eigenvalue weighted by Gasteiger charge is 2.18. The Kier molecular flexibility index (Phi) is 8.09. The maximum Gasteiger partial charge on any atom is 0.366 e.